The Labute approximate surface area is 230 Å². The van der Waals surface area contributed by atoms with Crippen molar-refractivity contribution in [1.82, 2.24) is 40.0 Å². The number of halogens is 4. The Morgan fingerprint density at radius 1 is 1.17 bits per heavy atom. The number of carbonyl (C=O) groups is 1. The van der Waals surface area contributed by atoms with E-state index in [4.69, 9.17) is 4.74 Å². The number of rotatable bonds is 5. The van der Waals surface area contributed by atoms with E-state index in [0.717, 1.165) is 5.69 Å². The maximum absolute atomic E-state index is 15.0. The first-order valence-corrected chi connectivity index (χ1v) is 12.8. The SMILES string of the molecule is Cc1cc(-c2cc3nc(-c4nnc5ccc([C@@H](OC(=O)NC6CCNC6)C(F)(F)F)cn45)ccc3cc2F)n(C)n1. The van der Waals surface area contributed by atoms with E-state index < -0.39 is 24.2 Å². The maximum Gasteiger partial charge on any atom is 0.429 e. The van der Waals surface area contributed by atoms with E-state index in [1.807, 2.05) is 0 Å². The highest BCUT2D eigenvalue weighted by Crippen LogP contribution is 2.36. The fourth-order valence-corrected chi connectivity index (χ4v) is 4.97. The lowest BCUT2D eigenvalue weighted by atomic mass is 10.1. The Kier molecular flexibility index (Phi) is 6.56. The summed E-state index contributed by atoms with van der Waals surface area (Å²) in [5, 5.41) is 18.5. The quantitative estimate of drug-likeness (QED) is 0.301. The summed E-state index contributed by atoms with van der Waals surface area (Å²) in [6.45, 7) is 2.91. The second-order valence-electron chi connectivity index (χ2n) is 9.89. The minimum absolute atomic E-state index is 0.161. The highest BCUT2D eigenvalue weighted by Gasteiger charge is 2.45. The molecule has 0 saturated carbocycles. The summed E-state index contributed by atoms with van der Waals surface area (Å²) in [4.78, 5) is 16.9. The van der Waals surface area contributed by atoms with Crippen LogP contribution in [-0.2, 0) is 11.8 Å². The fraction of sp³-hybridized carbons (Fsp3) is 0.296. The largest absolute Gasteiger partial charge is 0.432 e. The summed E-state index contributed by atoms with van der Waals surface area (Å²) in [6.07, 6.45) is -6.79. The molecule has 0 aliphatic carbocycles. The van der Waals surface area contributed by atoms with Gasteiger partial charge in [0, 0.05) is 42.3 Å². The van der Waals surface area contributed by atoms with Crippen molar-refractivity contribution in [3.8, 4) is 22.8 Å². The average molecular weight is 569 g/mol. The number of alkyl carbamates (subject to hydrolysis) is 1. The molecule has 212 valence electrons. The van der Waals surface area contributed by atoms with Gasteiger partial charge in [0.05, 0.1) is 16.9 Å². The van der Waals surface area contributed by atoms with Gasteiger partial charge in [-0.3, -0.25) is 9.08 Å². The zero-order valence-corrected chi connectivity index (χ0v) is 21.9. The van der Waals surface area contributed by atoms with Gasteiger partial charge in [-0.05, 0) is 56.3 Å². The zero-order valence-electron chi connectivity index (χ0n) is 21.9. The summed E-state index contributed by atoms with van der Waals surface area (Å²) in [6, 6.07) is 10.2. The van der Waals surface area contributed by atoms with Gasteiger partial charge in [-0.15, -0.1) is 10.2 Å². The standard InChI is InChI=1S/C27H24F4N8O2/c1-14-9-22(38(2)37-14)18-11-21-15(10-19(18)28)3-5-20(34-21)25-36-35-23-6-4-16(13-39(23)25)24(27(29,30)31)41-26(40)33-17-7-8-32-12-17/h3-6,9-11,13,17,24,32H,7-8,12H2,1-2H3,(H,33,40)/t17?,24-/m1/s1. The van der Waals surface area contributed by atoms with Gasteiger partial charge in [0.25, 0.3) is 0 Å². The molecule has 5 heterocycles. The number of aryl methyl sites for hydroxylation is 2. The topological polar surface area (TPSA) is 111 Å². The van der Waals surface area contributed by atoms with Gasteiger partial charge in [0.2, 0.25) is 6.10 Å². The van der Waals surface area contributed by atoms with E-state index in [1.165, 1.54) is 28.8 Å². The number of hydrogen-bond donors (Lipinski definition) is 2. The lowest BCUT2D eigenvalue weighted by Gasteiger charge is -2.22. The van der Waals surface area contributed by atoms with Crippen LogP contribution in [0.2, 0.25) is 0 Å². The second kappa shape index (κ2) is 10.1. The van der Waals surface area contributed by atoms with Crippen molar-refractivity contribution < 1.29 is 27.1 Å². The van der Waals surface area contributed by atoms with Crippen molar-refractivity contribution in [2.75, 3.05) is 13.1 Å². The van der Waals surface area contributed by atoms with E-state index in [9.17, 15) is 22.4 Å². The molecule has 0 spiro atoms. The van der Waals surface area contributed by atoms with Crippen LogP contribution in [0, 0.1) is 12.7 Å². The van der Waals surface area contributed by atoms with Crippen molar-refractivity contribution in [3.63, 3.8) is 0 Å². The van der Waals surface area contributed by atoms with Crippen molar-refractivity contribution in [3.05, 3.63) is 65.7 Å². The normalized spacial score (nSPS) is 16.4. The molecule has 14 heteroatoms. The average Bonchev–Trinajstić information content (AvgIpc) is 3.66. The Bertz CT molecular complexity index is 1770. The molecule has 1 aliphatic rings. The van der Waals surface area contributed by atoms with Crippen LogP contribution in [-0.4, -0.2) is 60.8 Å². The maximum atomic E-state index is 15.0. The number of ether oxygens (including phenoxy) is 1. The number of nitrogens with one attached hydrogen (secondary N) is 2. The molecule has 1 saturated heterocycles. The number of amides is 1. The molecule has 1 fully saturated rings. The molecule has 6 rings (SSSR count). The smallest absolute Gasteiger partial charge is 0.429 e. The third-order valence-electron chi connectivity index (χ3n) is 6.92. The third kappa shape index (κ3) is 5.17. The number of alkyl halides is 3. The van der Waals surface area contributed by atoms with Gasteiger partial charge in [-0.25, -0.2) is 14.2 Å². The Morgan fingerprint density at radius 2 is 2.00 bits per heavy atom. The van der Waals surface area contributed by atoms with Crippen molar-refractivity contribution in [2.45, 2.75) is 31.7 Å². The van der Waals surface area contributed by atoms with Crippen LogP contribution in [0.4, 0.5) is 22.4 Å². The molecular formula is C27H24F4N8O2. The van der Waals surface area contributed by atoms with Gasteiger partial charge in [0.1, 0.15) is 11.5 Å². The highest BCUT2D eigenvalue weighted by atomic mass is 19.4. The molecule has 0 bridgehead atoms. The third-order valence-corrected chi connectivity index (χ3v) is 6.92. The van der Waals surface area contributed by atoms with Gasteiger partial charge in [-0.1, -0.05) is 6.07 Å². The van der Waals surface area contributed by atoms with Crippen LogP contribution < -0.4 is 10.6 Å². The van der Waals surface area contributed by atoms with Crippen molar-refractivity contribution in [1.29, 1.82) is 0 Å². The van der Waals surface area contributed by atoms with Crippen LogP contribution >= 0.6 is 0 Å². The molecule has 2 atom stereocenters. The lowest BCUT2D eigenvalue weighted by molar-refractivity contribution is -0.206. The first-order valence-electron chi connectivity index (χ1n) is 12.8. The fourth-order valence-electron chi connectivity index (χ4n) is 4.97. The minimum atomic E-state index is -4.88. The van der Waals surface area contributed by atoms with Crippen LogP contribution in [0.1, 0.15) is 23.8 Å². The molecule has 1 aromatic carbocycles. The summed E-state index contributed by atoms with van der Waals surface area (Å²) in [5.41, 5.74) is 2.29. The molecule has 1 amide bonds. The van der Waals surface area contributed by atoms with Crippen molar-refractivity contribution in [2.24, 2.45) is 7.05 Å². The molecule has 41 heavy (non-hydrogen) atoms. The molecule has 4 aromatic heterocycles. The summed E-state index contributed by atoms with van der Waals surface area (Å²) in [7, 11) is 1.71. The molecule has 0 radical (unpaired) electrons. The number of benzene rings is 1. The number of aromatic nitrogens is 6. The molecule has 10 nitrogen and oxygen atoms in total. The van der Waals surface area contributed by atoms with Gasteiger partial charge in [0.15, 0.2) is 11.5 Å². The van der Waals surface area contributed by atoms with Crippen molar-refractivity contribution >= 4 is 22.6 Å². The van der Waals surface area contributed by atoms with E-state index in [2.05, 4.69) is 30.9 Å². The highest BCUT2D eigenvalue weighted by molar-refractivity contribution is 5.86. The molecule has 5 aromatic rings. The van der Waals surface area contributed by atoms with Crippen LogP contribution in [0.25, 0.3) is 39.3 Å². The number of hydrogen-bond acceptors (Lipinski definition) is 7. The number of nitrogens with zero attached hydrogens (tertiary/aromatic N) is 6. The monoisotopic (exact) mass is 568 g/mol. The summed E-state index contributed by atoms with van der Waals surface area (Å²) in [5.74, 6) is -0.285. The number of carbonyl (C=O) groups excluding carboxylic acids is 1. The van der Waals surface area contributed by atoms with Gasteiger partial charge >= 0.3 is 12.3 Å². The zero-order chi connectivity index (χ0) is 28.9. The Hall–Kier alpha value is -4.59. The number of pyridine rings is 2. The summed E-state index contributed by atoms with van der Waals surface area (Å²) < 4.78 is 64.8. The molecule has 1 aliphatic heterocycles. The van der Waals surface area contributed by atoms with Gasteiger partial charge in [-0.2, -0.15) is 18.3 Å². The second-order valence-corrected chi connectivity index (χ2v) is 9.89. The van der Waals surface area contributed by atoms with Crippen LogP contribution in [0.15, 0.2) is 48.7 Å². The lowest BCUT2D eigenvalue weighted by Crippen LogP contribution is -2.39. The molecule has 2 N–H and O–H groups in total. The minimum Gasteiger partial charge on any atom is -0.432 e. The van der Waals surface area contributed by atoms with E-state index >= 15 is 0 Å². The van der Waals surface area contributed by atoms with Crippen LogP contribution in [0.5, 0.6) is 0 Å². The van der Waals surface area contributed by atoms with Crippen LogP contribution in [0.3, 0.4) is 0 Å². The Balaban J connectivity index is 1.37. The van der Waals surface area contributed by atoms with E-state index in [0.29, 0.717) is 47.4 Å². The number of fused-ring (bicyclic) bond motifs is 2. The first-order chi connectivity index (χ1) is 19.6. The van der Waals surface area contributed by atoms with E-state index in [1.54, 1.807) is 42.9 Å². The summed E-state index contributed by atoms with van der Waals surface area (Å²) >= 11 is 0. The first kappa shape index (κ1) is 26.6. The predicted molar refractivity (Wildman–Crippen MR) is 140 cm³/mol. The van der Waals surface area contributed by atoms with Gasteiger partial charge < -0.3 is 15.4 Å². The molecular weight excluding hydrogens is 544 g/mol. The molecule has 1 unspecified atom stereocenters. The predicted octanol–water partition coefficient (Wildman–Crippen LogP) is 4.48. The Morgan fingerprint density at radius 3 is 2.71 bits per heavy atom. The van der Waals surface area contributed by atoms with E-state index in [-0.39, 0.29) is 23.1 Å².